The predicted molar refractivity (Wildman–Crippen MR) is 102 cm³/mol. The summed E-state index contributed by atoms with van der Waals surface area (Å²) in [6.45, 7) is 8.10. The van der Waals surface area contributed by atoms with E-state index in [1.807, 2.05) is 56.4 Å². The van der Waals surface area contributed by atoms with E-state index < -0.39 is 0 Å². The molecule has 0 aliphatic carbocycles. The van der Waals surface area contributed by atoms with Crippen LogP contribution in [0.2, 0.25) is 0 Å². The molecule has 2 rings (SSSR count). The molecule has 1 amide bonds. The topological polar surface area (TPSA) is 42.8 Å². The van der Waals surface area contributed by atoms with Crippen LogP contribution in [0.3, 0.4) is 0 Å². The number of carbonyl (C=O) groups is 1. The molecule has 0 fully saturated rings. The van der Waals surface area contributed by atoms with Crippen LogP contribution in [0.1, 0.15) is 30.9 Å². The monoisotopic (exact) mass is 341 g/mol. The van der Waals surface area contributed by atoms with Crippen LogP contribution in [0.25, 0.3) is 0 Å². The number of amides is 1. The van der Waals surface area contributed by atoms with E-state index in [9.17, 15) is 4.79 Å². The lowest BCUT2D eigenvalue weighted by Gasteiger charge is -2.18. The zero-order chi connectivity index (χ0) is 18.2. The number of aryl methyl sites for hydroxylation is 1. The van der Waals surface area contributed by atoms with Gasteiger partial charge in [0.1, 0.15) is 18.9 Å². The molecule has 0 aliphatic heterocycles. The number of rotatable bonds is 8. The van der Waals surface area contributed by atoms with Crippen LogP contribution in [-0.4, -0.2) is 32.7 Å². The minimum absolute atomic E-state index is 0.0356. The molecular weight excluding hydrogens is 312 g/mol. The van der Waals surface area contributed by atoms with Gasteiger partial charge in [0, 0.05) is 5.69 Å². The Labute approximate surface area is 150 Å². The SMILES string of the molecule is Cc1cccc(C(C)C)c1NC(=O)C[NH+](C)CCOc1ccccc1. The van der Waals surface area contributed by atoms with E-state index in [-0.39, 0.29) is 5.91 Å². The van der Waals surface area contributed by atoms with Crippen molar-refractivity contribution < 1.29 is 14.4 Å². The third-order valence-electron chi connectivity index (χ3n) is 4.19. The fraction of sp³-hybridized carbons (Fsp3) is 0.381. The highest BCUT2D eigenvalue weighted by Crippen LogP contribution is 2.27. The molecule has 0 aromatic heterocycles. The molecule has 0 radical (unpaired) electrons. The summed E-state index contributed by atoms with van der Waals surface area (Å²) < 4.78 is 5.69. The summed E-state index contributed by atoms with van der Waals surface area (Å²) in [7, 11) is 2.01. The lowest BCUT2D eigenvalue weighted by molar-refractivity contribution is -0.871. The molecule has 2 N–H and O–H groups in total. The first-order chi connectivity index (χ1) is 12.0. The van der Waals surface area contributed by atoms with E-state index in [2.05, 4.69) is 25.2 Å². The number of quaternary nitrogens is 1. The summed E-state index contributed by atoms with van der Waals surface area (Å²) in [6, 6.07) is 15.9. The molecule has 0 spiro atoms. The Kier molecular flexibility index (Phi) is 7.02. The summed E-state index contributed by atoms with van der Waals surface area (Å²) >= 11 is 0. The van der Waals surface area contributed by atoms with Gasteiger partial charge in [0.2, 0.25) is 0 Å². The molecule has 2 aromatic carbocycles. The highest BCUT2D eigenvalue weighted by Gasteiger charge is 2.15. The molecule has 0 saturated carbocycles. The molecule has 0 heterocycles. The summed E-state index contributed by atoms with van der Waals surface area (Å²) in [4.78, 5) is 13.5. The van der Waals surface area contributed by atoms with Crippen LogP contribution < -0.4 is 15.0 Å². The molecule has 0 aliphatic rings. The second kappa shape index (κ2) is 9.23. The van der Waals surface area contributed by atoms with Crippen LogP contribution in [-0.2, 0) is 4.79 Å². The summed E-state index contributed by atoms with van der Waals surface area (Å²) in [5.74, 6) is 1.27. The molecule has 25 heavy (non-hydrogen) atoms. The molecule has 1 unspecified atom stereocenters. The Morgan fingerprint density at radius 3 is 2.52 bits per heavy atom. The average molecular weight is 341 g/mol. The molecule has 134 valence electrons. The zero-order valence-electron chi connectivity index (χ0n) is 15.6. The molecule has 4 nitrogen and oxygen atoms in total. The lowest BCUT2D eigenvalue weighted by Crippen LogP contribution is -3.10. The Morgan fingerprint density at radius 1 is 1.12 bits per heavy atom. The number of anilines is 1. The summed E-state index contributed by atoms with van der Waals surface area (Å²) in [5, 5.41) is 3.10. The van der Waals surface area contributed by atoms with Gasteiger partial charge in [-0.2, -0.15) is 0 Å². The maximum Gasteiger partial charge on any atom is 0.279 e. The van der Waals surface area contributed by atoms with E-state index in [0.717, 1.165) is 28.4 Å². The molecule has 2 aromatic rings. The molecule has 4 heteroatoms. The van der Waals surface area contributed by atoms with Gasteiger partial charge in [0.05, 0.1) is 7.05 Å². The van der Waals surface area contributed by atoms with Crippen LogP contribution in [0.5, 0.6) is 5.75 Å². The number of para-hydroxylation sites is 2. The number of ether oxygens (including phenoxy) is 1. The first-order valence-electron chi connectivity index (χ1n) is 8.86. The molecule has 1 atom stereocenters. The van der Waals surface area contributed by atoms with Crippen molar-refractivity contribution in [2.75, 3.05) is 32.1 Å². The second-order valence-corrected chi connectivity index (χ2v) is 6.79. The van der Waals surface area contributed by atoms with Gasteiger partial charge in [-0.25, -0.2) is 0 Å². The zero-order valence-corrected chi connectivity index (χ0v) is 15.6. The van der Waals surface area contributed by atoms with Gasteiger partial charge < -0.3 is 15.0 Å². The van der Waals surface area contributed by atoms with Gasteiger partial charge in [0.15, 0.2) is 6.54 Å². The second-order valence-electron chi connectivity index (χ2n) is 6.79. The van der Waals surface area contributed by atoms with E-state index in [1.54, 1.807) is 0 Å². The molecular formula is C21H29N2O2+. The van der Waals surface area contributed by atoms with Crippen molar-refractivity contribution in [3.05, 3.63) is 59.7 Å². The number of hydrogen-bond donors (Lipinski definition) is 2. The normalized spacial score (nSPS) is 12.0. The largest absolute Gasteiger partial charge is 0.488 e. The van der Waals surface area contributed by atoms with E-state index >= 15 is 0 Å². The molecule has 0 saturated heterocycles. The maximum atomic E-state index is 12.4. The van der Waals surface area contributed by atoms with Gasteiger partial charge in [-0.3, -0.25) is 4.79 Å². The highest BCUT2D eigenvalue weighted by atomic mass is 16.5. The smallest absolute Gasteiger partial charge is 0.279 e. The fourth-order valence-corrected chi connectivity index (χ4v) is 2.75. The lowest BCUT2D eigenvalue weighted by atomic mass is 9.98. The Bertz CT molecular complexity index is 684. The third kappa shape index (κ3) is 5.91. The van der Waals surface area contributed by atoms with Crippen LogP contribution >= 0.6 is 0 Å². The minimum atomic E-state index is 0.0356. The van der Waals surface area contributed by atoms with Gasteiger partial charge >= 0.3 is 0 Å². The van der Waals surface area contributed by atoms with Gasteiger partial charge in [-0.15, -0.1) is 0 Å². The summed E-state index contributed by atoms with van der Waals surface area (Å²) in [5.41, 5.74) is 3.24. The van der Waals surface area contributed by atoms with E-state index in [1.165, 1.54) is 5.56 Å². The average Bonchev–Trinajstić information content (AvgIpc) is 2.57. The highest BCUT2D eigenvalue weighted by molar-refractivity contribution is 5.93. The minimum Gasteiger partial charge on any atom is -0.488 e. The number of likely N-dealkylation sites (N-methyl/N-ethyl adjacent to an activating group) is 1. The van der Waals surface area contributed by atoms with Crippen molar-refractivity contribution in [3.8, 4) is 5.75 Å². The van der Waals surface area contributed by atoms with Crippen LogP contribution in [0.4, 0.5) is 5.69 Å². The first-order valence-corrected chi connectivity index (χ1v) is 8.86. The van der Waals surface area contributed by atoms with Gasteiger partial charge in [-0.05, 0) is 36.1 Å². The van der Waals surface area contributed by atoms with Crippen molar-refractivity contribution in [3.63, 3.8) is 0 Å². The molecule has 0 bridgehead atoms. The Morgan fingerprint density at radius 2 is 1.84 bits per heavy atom. The van der Waals surface area contributed by atoms with Gasteiger partial charge in [-0.1, -0.05) is 50.2 Å². The van der Waals surface area contributed by atoms with Gasteiger partial charge in [0.25, 0.3) is 5.91 Å². The maximum absolute atomic E-state index is 12.4. The van der Waals surface area contributed by atoms with Crippen molar-refractivity contribution in [1.29, 1.82) is 0 Å². The Balaban J connectivity index is 1.84. The third-order valence-corrected chi connectivity index (χ3v) is 4.19. The number of carbonyl (C=O) groups excluding carboxylic acids is 1. The van der Waals surface area contributed by atoms with E-state index in [4.69, 9.17) is 4.74 Å². The quantitative estimate of drug-likeness (QED) is 0.775. The van der Waals surface area contributed by atoms with Crippen molar-refractivity contribution >= 4 is 11.6 Å². The van der Waals surface area contributed by atoms with Crippen LogP contribution in [0, 0.1) is 6.92 Å². The number of nitrogens with one attached hydrogen (secondary N) is 2. The van der Waals surface area contributed by atoms with Crippen molar-refractivity contribution in [1.82, 2.24) is 0 Å². The fourth-order valence-electron chi connectivity index (χ4n) is 2.75. The standard InChI is InChI=1S/C21H28N2O2/c1-16(2)19-12-8-9-17(3)21(19)22-20(24)15-23(4)13-14-25-18-10-6-5-7-11-18/h5-12,16H,13-15H2,1-4H3,(H,22,24)/p+1. The van der Waals surface area contributed by atoms with Crippen molar-refractivity contribution in [2.24, 2.45) is 0 Å². The Hall–Kier alpha value is -2.33. The summed E-state index contributed by atoms with van der Waals surface area (Å²) in [6.07, 6.45) is 0. The first kappa shape index (κ1) is 19.0. The predicted octanol–water partition coefficient (Wildman–Crippen LogP) is 2.65. The van der Waals surface area contributed by atoms with Crippen LogP contribution in [0.15, 0.2) is 48.5 Å². The number of benzene rings is 2. The number of hydrogen-bond acceptors (Lipinski definition) is 2. The van der Waals surface area contributed by atoms with Crippen molar-refractivity contribution in [2.45, 2.75) is 26.7 Å². The van der Waals surface area contributed by atoms with E-state index in [0.29, 0.717) is 19.1 Å².